The maximum atomic E-state index is 11.8. The van der Waals surface area contributed by atoms with Gasteiger partial charge in [0.25, 0.3) is 11.8 Å². The molecular formula is C23H36N4O6S. The Kier molecular flexibility index (Phi) is 15.9. The molecule has 0 bridgehead atoms. The van der Waals surface area contributed by atoms with E-state index in [9.17, 15) is 19.2 Å². The fourth-order valence-corrected chi connectivity index (χ4v) is 3.20. The van der Waals surface area contributed by atoms with E-state index < -0.39 is 17.8 Å². The van der Waals surface area contributed by atoms with Crippen molar-refractivity contribution in [3.8, 4) is 0 Å². The van der Waals surface area contributed by atoms with E-state index in [4.69, 9.17) is 4.74 Å². The van der Waals surface area contributed by atoms with Crippen molar-refractivity contribution < 1.29 is 28.7 Å². The van der Waals surface area contributed by atoms with Gasteiger partial charge in [0.15, 0.2) is 0 Å². The van der Waals surface area contributed by atoms with Crippen LogP contribution in [0.3, 0.4) is 0 Å². The molecule has 0 fully saturated rings. The molecular weight excluding hydrogens is 460 g/mol. The Morgan fingerprint density at radius 2 is 1.74 bits per heavy atom. The number of hydrogen-bond acceptors (Lipinski definition) is 8. The van der Waals surface area contributed by atoms with Crippen LogP contribution < -0.4 is 10.6 Å². The lowest BCUT2D eigenvalue weighted by molar-refractivity contribution is -0.137. The highest BCUT2D eigenvalue weighted by Gasteiger charge is 2.17. The predicted octanol–water partition coefficient (Wildman–Crippen LogP) is 2.42. The van der Waals surface area contributed by atoms with E-state index in [-0.39, 0.29) is 23.0 Å². The Balaban J connectivity index is 0.000000722. The van der Waals surface area contributed by atoms with Gasteiger partial charge in [-0.3, -0.25) is 14.4 Å². The van der Waals surface area contributed by atoms with Gasteiger partial charge >= 0.3 is 5.97 Å². The fraction of sp³-hybridized carbons (Fsp3) is 0.522. The molecule has 0 aromatic carbocycles. The lowest BCUT2D eigenvalue weighted by Crippen LogP contribution is -2.35. The van der Waals surface area contributed by atoms with E-state index in [1.165, 1.54) is 11.3 Å². The average Bonchev–Trinajstić information content (AvgIpc) is 3.32. The van der Waals surface area contributed by atoms with Crippen LogP contribution in [-0.4, -0.2) is 67.5 Å². The number of hydrogen-bond donors (Lipinski definition) is 2. The summed E-state index contributed by atoms with van der Waals surface area (Å²) in [6.07, 6.45) is 3.28. The second-order valence-electron chi connectivity index (χ2n) is 6.92. The zero-order chi connectivity index (χ0) is 26.1. The summed E-state index contributed by atoms with van der Waals surface area (Å²) in [6, 6.07) is 0. The normalized spacial score (nSPS) is 9.79. The Morgan fingerprint density at radius 3 is 2.24 bits per heavy atom. The maximum absolute atomic E-state index is 11.8. The molecule has 190 valence electrons. The summed E-state index contributed by atoms with van der Waals surface area (Å²) in [5, 5.41) is 6.87. The third kappa shape index (κ3) is 11.7. The molecule has 0 aliphatic rings. The van der Waals surface area contributed by atoms with Gasteiger partial charge in [0.2, 0.25) is 5.91 Å². The summed E-state index contributed by atoms with van der Waals surface area (Å²) in [6.45, 7) is 15.1. The number of aryl methyl sites for hydroxylation is 1. The predicted molar refractivity (Wildman–Crippen MR) is 131 cm³/mol. The number of carbonyl (C=O) groups excluding carboxylic acids is 4. The van der Waals surface area contributed by atoms with Gasteiger partial charge in [-0.1, -0.05) is 33.9 Å². The molecule has 0 saturated carbocycles. The minimum atomic E-state index is -0.783. The fourth-order valence-electron chi connectivity index (χ4n) is 2.48. The van der Waals surface area contributed by atoms with Crippen LogP contribution in [0.15, 0.2) is 29.9 Å². The van der Waals surface area contributed by atoms with Crippen LogP contribution in [0.2, 0.25) is 0 Å². The van der Waals surface area contributed by atoms with E-state index in [0.29, 0.717) is 6.42 Å². The first-order valence-electron chi connectivity index (χ1n) is 10.9. The van der Waals surface area contributed by atoms with Crippen LogP contribution in [0, 0.1) is 0 Å². The van der Waals surface area contributed by atoms with Crippen molar-refractivity contribution in [1.82, 2.24) is 20.5 Å². The molecule has 0 unspecified atom stereocenters. The molecule has 1 aromatic rings. The molecule has 1 heterocycles. The van der Waals surface area contributed by atoms with Crippen LogP contribution >= 0.6 is 11.3 Å². The molecule has 1 aromatic heterocycles. The van der Waals surface area contributed by atoms with Crippen molar-refractivity contribution in [3.63, 3.8) is 0 Å². The van der Waals surface area contributed by atoms with Gasteiger partial charge < -0.3 is 25.0 Å². The van der Waals surface area contributed by atoms with Gasteiger partial charge in [0.05, 0.1) is 17.8 Å². The van der Waals surface area contributed by atoms with Crippen LogP contribution in [-0.2, 0) is 30.3 Å². The molecule has 34 heavy (non-hydrogen) atoms. The molecule has 0 saturated heterocycles. The third-order valence-electron chi connectivity index (χ3n) is 4.25. The highest BCUT2D eigenvalue weighted by Crippen LogP contribution is 2.10. The number of esters is 1. The average molecular weight is 497 g/mol. The van der Waals surface area contributed by atoms with Crippen LogP contribution in [0.25, 0.3) is 0 Å². The van der Waals surface area contributed by atoms with Gasteiger partial charge in [-0.2, -0.15) is 0 Å². The molecule has 0 radical (unpaired) electrons. The van der Waals surface area contributed by atoms with E-state index in [0.717, 1.165) is 51.1 Å². The number of ether oxygens (including phenoxy) is 2. The first-order chi connectivity index (χ1) is 16.1. The van der Waals surface area contributed by atoms with Gasteiger partial charge in [0.1, 0.15) is 11.4 Å². The molecule has 11 heteroatoms. The van der Waals surface area contributed by atoms with Crippen molar-refractivity contribution in [2.45, 2.75) is 46.5 Å². The van der Waals surface area contributed by atoms with Crippen LogP contribution in [0.1, 0.15) is 55.5 Å². The highest BCUT2D eigenvalue weighted by molar-refractivity contribution is 7.09. The minimum Gasteiger partial charge on any atom is -0.464 e. The standard InChI is InChI=1S/C13H15N3O4S.C10H21NO2/c1-5-10-16-9(6-21-10)12(18)14-7(2)11(17)15-8(3)13(19)20-4;1-4-7-11(10(12)5-2)8-6-9-13-3/h6H,2-3,5H2,1,4H3,(H,14,18)(H,15,17);4-9H2,1-3H3. The summed E-state index contributed by atoms with van der Waals surface area (Å²) in [5.74, 6) is -1.84. The van der Waals surface area contributed by atoms with E-state index >= 15 is 0 Å². The minimum absolute atomic E-state index is 0.206. The first-order valence-corrected chi connectivity index (χ1v) is 11.8. The molecule has 0 spiro atoms. The zero-order valence-corrected chi connectivity index (χ0v) is 21.5. The second kappa shape index (κ2) is 17.4. The Bertz CT molecular complexity index is 852. The van der Waals surface area contributed by atoms with Crippen molar-refractivity contribution in [2.24, 2.45) is 0 Å². The van der Waals surface area contributed by atoms with Gasteiger partial charge in [-0.05, 0) is 19.3 Å². The zero-order valence-electron chi connectivity index (χ0n) is 20.7. The third-order valence-corrected chi connectivity index (χ3v) is 5.24. The Labute approximate surface area is 205 Å². The molecule has 0 atom stereocenters. The van der Waals surface area contributed by atoms with Crippen LogP contribution in [0.4, 0.5) is 0 Å². The summed E-state index contributed by atoms with van der Waals surface area (Å²) in [5.41, 5.74) is -0.270. The summed E-state index contributed by atoms with van der Waals surface area (Å²) >= 11 is 1.35. The van der Waals surface area contributed by atoms with Crippen LogP contribution in [0.5, 0.6) is 0 Å². The number of nitrogens with zero attached hydrogens (tertiary/aromatic N) is 2. The van der Waals surface area contributed by atoms with E-state index in [1.54, 1.807) is 12.5 Å². The maximum Gasteiger partial charge on any atom is 0.353 e. The van der Waals surface area contributed by atoms with Gasteiger partial charge in [-0.25, -0.2) is 9.78 Å². The van der Waals surface area contributed by atoms with Crippen molar-refractivity contribution in [1.29, 1.82) is 0 Å². The first kappa shape index (κ1) is 30.9. The molecule has 0 aliphatic heterocycles. The number of carbonyl (C=O) groups is 4. The summed E-state index contributed by atoms with van der Waals surface area (Å²) < 4.78 is 9.33. The molecule has 0 aliphatic carbocycles. The number of nitrogens with one attached hydrogen (secondary N) is 2. The number of amides is 3. The van der Waals surface area contributed by atoms with Crippen molar-refractivity contribution in [2.75, 3.05) is 33.9 Å². The number of aromatic nitrogens is 1. The number of methoxy groups -OCH3 is 2. The smallest absolute Gasteiger partial charge is 0.353 e. The largest absolute Gasteiger partial charge is 0.464 e. The Hall–Kier alpha value is -3.05. The summed E-state index contributed by atoms with van der Waals surface area (Å²) in [4.78, 5) is 52.0. The lowest BCUT2D eigenvalue weighted by atomic mass is 10.3. The quantitative estimate of drug-likeness (QED) is 0.244. The molecule has 2 N–H and O–H groups in total. The number of thiazole rings is 1. The monoisotopic (exact) mass is 496 g/mol. The molecule has 1 rings (SSSR count). The molecule has 10 nitrogen and oxygen atoms in total. The van der Waals surface area contributed by atoms with Crippen molar-refractivity contribution in [3.05, 3.63) is 40.6 Å². The second-order valence-corrected chi connectivity index (χ2v) is 7.86. The van der Waals surface area contributed by atoms with Crippen molar-refractivity contribution >= 4 is 35.0 Å². The Morgan fingerprint density at radius 1 is 1.06 bits per heavy atom. The SMILES string of the molecule is C=C(NC(=O)c1csc(CC)n1)C(=O)NC(=C)C(=O)OC.CCCN(CCCOC)C(=O)CC. The highest BCUT2D eigenvalue weighted by atomic mass is 32.1. The number of rotatable bonds is 13. The topological polar surface area (TPSA) is 127 Å². The van der Waals surface area contributed by atoms with E-state index in [1.807, 2.05) is 18.7 Å². The lowest BCUT2D eigenvalue weighted by Gasteiger charge is -2.21. The van der Waals surface area contributed by atoms with Gasteiger partial charge in [-0.15, -0.1) is 11.3 Å². The summed E-state index contributed by atoms with van der Waals surface area (Å²) in [7, 11) is 2.84. The van der Waals surface area contributed by atoms with E-state index in [2.05, 4.69) is 40.4 Å². The van der Waals surface area contributed by atoms with Gasteiger partial charge in [0, 0.05) is 38.6 Å². The molecule has 3 amide bonds.